The summed E-state index contributed by atoms with van der Waals surface area (Å²) in [5.41, 5.74) is -3.91. The van der Waals surface area contributed by atoms with E-state index in [0.717, 1.165) is 33.9 Å². The fraction of sp³-hybridized carbons (Fsp3) is 0.311. The summed E-state index contributed by atoms with van der Waals surface area (Å²) in [6.45, 7) is -8.78. The molecule has 0 aliphatic carbocycles. The summed E-state index contributed by atoms with van der Waals surface area (Å²) in [5.74, 6) is -2.58. The molecule has 0 atom stereocenters. The van der Waals surface area contributed by atoms with Gasteiger partial charge < -0.3 is 5.11 Å². The van der Waals surface area contributed by atoms with Crippen LogP contribution in [0.2, 0.25) is 0 Å². The Labute approximate surface area is 415 Å². The van der Waals surface area contributed by atoms with Gasteiger partial charge >= 0.3 is 0 Å². The Hall–Kier alpha value is -6.26. The van der Waals surface area contributed by atoms with Crippen LogP contribution in [0.4, 0.5) is 0 Å². The molecule has 0 saturated carbocycles. The SMILES string of the molecule is [2H]C(C)(C)c1ccc(-c2ccnc(-c3cc(-c4cccc5c4nc(-c4cc(C(C([2H])([2H])[2H])(C([2H])([2H])[2H])C([2H])([2H])[2H])cc(C(C([2H])([2H])[2H])(C([2H])([2H])[2H])C([2H])([2H])[2H])c4O)n5-c4ccc(C(C)(C)C)cc4-c4ccccc4)cc(C(C)(C)C)c3)c2)cc1. The quantitative estimate of drug-likeness (QED) is 0.174. The van der Waals surface area contributed by atoms with Crippen LogP contribution in [0.15, 0.2) is 140 Å². The molecule has 2 heterocycles. The van der Waals surface area contributed by atoms with Gasteiger partial charge in [-0.1, -0.05) is 181 Å². The van der Waals surface area contributed by atoms with Crippen molar-refractivity contribution in [3.63, 3.8) is 0 Å². The van der Waals surface area contributed by atoms with E-state index in [0.29, 0.717) is 45.3 Å². The molecular formula is C61H67N3O. The lowest BCUT2D eigenvalue weighted by Gasteiger charge is -2.28. The first-order chi connectivity index (χ1) is 38.3. The van der Waals surface area contributed by atoms with Crippen LogP contribution in [-0.4, -0.2) is 19.6 Å². The predicted molar refractivity (Wildman–Crippen MR) is 277 cm³/mol. The van der Waals surface area contributed by atoms with Crippen LogP contribution in [0.5, 0.6) is 5.75 Å². The van der Waals surface area contributed by atoms with Gasteiger partial charge in [-0.2, -0.15) is 0 Å². The molecule has 332 valence electrons. The number of phenols is 1. The monoisotopic (exact) mass is 877 g/mol. The van der Waals surface area contributed by atoms with E-state index >= 15 is 0 Å². The summed E-state index contributed by atoms with van der Waals surface area (Å²) in [5, 5.41) is 13.1. The van der Waals surface area contributed by atoms with Crippen LogP contribution in [0, 0.1) is 0 Å². The second-order valence-corrected chi connectivity index (χ2v) is 19.3. The summed E-state index contributed by atoms with van der Waals surface area (Å²) >= 11 is 0. The van der Waals surface area contributed by atoms with Crippen molar-refractivity contribution in [3.05, 3.63) is 167 Å². The van der Waals surface area contributed by atoms with E-state index in [4.69, 9.17) is 36.0 Å². The maximum atomic E-state index is 13.1. The molecule has 8 rings (SSSR count). The van der Waals surface area contributed by atoms with Gasteiger partial charge in [-0.25, -0.2) is 4.98 Å². The van der Waals surface area contributed by atoms with Crippen molar-refractivity contribution < 1.29 is 31.2 Å². The number of rotatable bonds is 7. The van der Waals surface area contributed by atoms with Crippen molar-refractivity contribution in [2.75, 3.05) is 0 Å². The second-order valence-electron chi connectivity index (χ2n) is 19.3. The second kappa shape index (κ2) is 16.6. The van der Waals surface area contributed by atoms with Gasteiger partial charge in [0.1, 0.15) is 11.6 Å². The maximum Gasteiger partial charge on any atom is 0.149 e. The van der Waals surface area contributed by atoms with E-state index in [-0.39, 0.29) is 11.0 Å². The summed E-state index contributed by atoms with van der Waals surface area (Å²) in [6.07, 6.45) is 1.70. The molecule has 0 unspecified atom stereocenters. The number of aromatic hydroxyl groups is 1. The Morgan fingerprint density at radius 1 is 0.538 bits per heavy atom. The van der Waals surface area contributed by atoms with Gasteiger partial charge in [-0.3, -0.25) is 9.55 Å². The fourth-order valence-electron chi connectivity index (χ4n) is 8.24. The zero-order valence-corrected chi connectivity index (χ0v) is 38.1. The standard InChI is InChI=1S/C61H67N3O/c1-38(2)39-23-25-40(26-24-39)42-29-30-62-52(34-42)44-31-43(32-46(33-44)59(6,7)8)48-21-18-22-54-55(48)63-57(50-36-47(60(9,10)11)37-51(56(50)65)61(12,13)14)64(54)53-28-27-45(58(3,4)5)35-49(53)41-19-16-15-17-20-41/h15-38,65H,1-14H3/i9D3,10D3,11D3,12D3,13D3,14D3,38D. The number of benzene rings is 6. The molecule has 4 nitrogen and oxygen atoms in total. The molecule has 2 aromatic heterocycles. The zero-order valence-electron chi connectivity index (χ0n) is 57.1. The Morgan fingerprint density at radius 3 is 1.86 bits per heavy atom. The molecule has 0 fully saturated rings. The van der Waals surface area contributed by atoms with E-state index < -0.39 is 96.9 Å². The molecule has 4 heteroatoms. The van der Waals surface area contributed by atoms with E-state index in [1.165, 1.54) is 4.57 Å². The summed E-state index contributed by atoms with van der Waals surface area (Å²) in [4.78, 5) is 10.0. The highest BCUT2D eigenvalue weighted by Crippen LogP contribution is 2.46. The van der Waals surface area contributed by atoms with Gasteiger partial charge in [0.2, 0.25) is 0 Å². The minimum absolute atomic E-state index is 0.177. The van der Waals surface area contributed by atoms with Crippen LogP contribution >= 0.6 is 0 Å². The Kier molecular flexibility index (Phi) is 6.98. The van der Waals surface area contributed by atoms with Crippen molar-refractivity contribution in [2.45, 2.75) is 124 Å². The zero-order chi connectivity index (χ0) is 62.7. The number of hydrogen-bond donors (Lipinski definition) is 1. The van der Waals surface area contributed by atoms with Gasteiger partial charge in [-0.05, 0) is 121 Å². The average Bonchev–Trinajstić information content (AvgIpc) is 3.91. The number of aromatic nitrogens is 3. The lowest BCUT2D eigenvalue weighted by atomic mass is 9.79. The molecule has 0 saturated heterocycles. The minimum atomic E-state index is -4.14. The number of para-hydroxylation sites is 1. The summed E-state index contributed by atoms with van der Waals surface area (Å²) in [7, 11) is 0. The first-order valence-electron chi connectivity index (χ1n) is 31.1. The van der Waals surface area contributed by atoms with Crippen molar-refractivity contribution in [1.82, 2.24) is 14.5 Å². The molecular weight excluding hydrogens is 791 g/mol. The first kappa shape index (κ1) is 27.3. The van der Waals surface area contributed by atoms with E-state index in [1.807, 2.05) is 152 Å². The number of fused-ring (bicyclic) bond motifs is 1. The minimum Gasteiger partial charge on any atom is -0.507 e. The lowest BCUT2D eigenvalue weighted by molar-refractivity contribution is 0.446. The predicted octanol–water partition coefficient (Wildman–Crippen LogP) is 16.8. The third-order valence-corrected chi connectivity index (χ3v) is 12.0. The normalized spacial score (nSPS) is 18.3. The number of imidazole rings is 1. The highest BCUT2D eigenvalue weighted by Gasteiger charge is 2.30. The highest BCUT2D eigenvalue weighted by molar-refractivity contribution is 5.98. The Morgan fingerprint density at radius 2 is 1.20 bits per heavy atom. The van der Waals surface area contributed by atoms with Gasteiger partial charge in [-0.15, -0.1) is 0 Å². The molecule has 0 amide bonds. The van der Waals surface area contributed by atoms with Crippen molar-refractivity contribution >= 4 is 11.0 Å². The molecule has 0 aliphatic rings. The lowest BCUT2D eigenvalue weighted by Crippen LogP contribution is -2.17. The molecule has 6 aromatic carbocycles. The fourth-order valence-corrected chi connectivity index (χ4v) is 8.24. The third kappa shape index (κ3) is 9.06. The molecule has 8 aromatic rings. The summed E-state index contributed by atoms with van der Waals surface area (Å²) < 4.78 is 168. The number of hydrogen-bond acceptors (Lipinski definition) is 3. The average molecular weight is 877 g/mol. The van der Waals surface area contributed by atoms with Gasteiger partial charge in [0, 0.05) is 54.5 Å². The number of pyridine rings is 1. The van der Waals surface area contributed by atoms with Gasteiger partial charge in [0.05, 0.1) is 28.0 Å². The first-order valence-corrected chi connectivity index (χ1v) is 21.6. The third-order valence-electron chi connectivity index (χ3n) is 12.0. The van der Waals surface area contributed by atoms with Crippen LogP contribution in [0.3, 0.4) is 0 Å². The van der Waals surface area contributed by atoms with E-state index in [1.54, 1.807) is 30.5 Å². The van der Waals surface area contributed by atoms with Crippen molar-refractivity contribution in [3.8, 4) is 67.5 Å². The largest absolute Gasteiger partial charge is 0.507 e. The van der Waals surface area contributed by atoms with E-state index in [2.05, 4.69) is 0 Å². The van der Waals surface area contributed by atoms with E-state index in [9.17, 15) is 5.11 Å². The van der Waals surface area contributed by atoms with Gasteiger partial charge in [0.25, 0.3) is 0 Å². The summed E-state index contributed by atoms with van der Waals surface area (Å²) in [6, 6.07) is 38.4. The molecule has 1 N–H and O–H groups in total. The number of phenolic OH excluding ortho intramolecular Hbond substituents is 1. The molecule has 0 bridgehead atoms. The van der Waals surface area contributed by atoms with Crippen LogP contribution < -0.4 is 0 Å². The Balaban J connectivity index is 1.59. The topological polar surface area (TPSA) is 50.9 Å². The van der Waals surface area contributed by atoms with Crippen LogP contribution in [0.1, 0.15) is 156 Å². The molecule has 0 aliphatic heterocycles. The number of nitrogens with zero attached hydrogens (tertiary/aromatic N) is 3. The molecule has 65 heavy (non-hydrogen) atoms. The maximum absolute atomic E-state index is 13.1. The van der Waals surface area contributed by atoms with Crippen LogP contribution in [-0.2, 0) is 21.7 Å². The molecule has 0 spiro atoms. The highest BCUT2D eigenvalue weighted by atomic mass is 16.3. The van der Waals surface area contributed by atoms with Gasteiger partial charge in [0.15, 0.2) is 0 Å². The molecule has 0 radical (unpaired) electrons. The van der Waals surface area contributed by atoms with Crippen LogP contribution in [0.25, 0.3) is 72.7 Å². The smallest absolute Gasteiger partial charge is 0.149 e. The van der Waals surface area contributed by atoms with Crippen molar-refractivity contribution in [1.29, 1.82) is 0 Å². The van der Waals surface area contributed by atoms with Crippen molar-refractivity contribution in [2.24, 2.45) is 0 Å². The Bertz CT molecular complexity index is 3700.